The summed E-state index contributed by atoms with van der Waals surface area (Å²) in [5.41, 5.74) is -3.94. The molecule has 0 N–H and O–H groups in total. The molecule has 0 heterocycles. The average Bonchev–Trinajstić information content (AvgIpc) is 3.28. The van der Waals surface area contributed by atoms with Crippen molar-refractivity contribution in [1.82, 2.24) is 0 Å². The van der Waals surface area contributed by atoms with Crippen molar-refractivity contribution in [2.45, 2.75) is 32.4 Å². The standard InChI is InChI=1S/C14H16F3N3O4/c1-2-7-18(8-9-3-4-9)13-11(19(21)22)6-5-10(14(15,16)17)12(13)20(23)24/h5-6,9H,2-4,7-8H2,1H3. The molecule has 0 saturated heterocycles. The van der Waals surface area contributed by atoms with Gasteiger partial charge in [-0.05, 0) is 31.2 Å². The Morgan fingerprint density at radius 3 is 2.25 bits per heavy atom. The minimum atomic E-state index is -4.97. The molecule has 0 atom stereocenters. The number of nitro groups is 2. The lowest BCUT2D eigenvalue weighted by molar-refractivity contribution is -0.394. The van der Waals surface area contributed by atoms with Crippen molar-refractivity contribution < 1.29 is 23.0 Å². The van der Waals surface area contributed by atoms with E-state index in [2.05, 4.69) is 0 Å². The van der Waals surface area contributed by atoms with Gasteiger partial charge in [-0.2, -0.15) is 13.2 Å². The smallest absolute Gasteiger partial charge is 0.360 e. The Kier molecular flexibility index (Phi) is 4.95. The van der Waals surface area contributed by atoms with Gasteiger partial charge < -0.3 is 4.90 Å². The molecule has 1 saturated carbocycles. The van der Waals surface area contributed by atoms with E-state index in [1.165, 1.54) is 4.90 Å². The van der Waals surface area contributed by atoms with Gasteiger partial charge in [-0.3, -0.25) is 20.2 Å². The van der Waals surface area contributed by atoms with Gasteiger partial charge in [-0.15, -0.1) is 0 Å². The summed E-state index contributed by atoms with van der Waals surface area (Å²) < 4.78 is 39.5. The molecular weight excluding hydrogens is 331 g/mol. The first kappa shape index (κ1) is 18.0. The van der Waals surface area contributed by atoms with Gasteiger partial charge in [0, 0.05) is 19.2 Å². The van der Waals surface area contributed by atoms with E-state index in [-0.39, 0.29) is 19.0 Å². The number of alkyl halides is 3. The molecule has 1 aliphatic rings. The van der Waals surface area contributed by atoms with Gasteiger partial charge >= 0.3 is 11.9 Å². The predicted octanol–water partition coefficient (Wildman–Crippen LogP) is 4.15. The number of benzene rings is 1. The fourth-order valence-electron chi connectivity index (χ4n) is 2.62. The second kappa shape index (κ2) is 6.62. The number of nitro benzene ring substituents is 2. The minimum absolute atomic E-state index is 0.199. The Balaban J connectivity index is 2.70. The summed E-state index contributed by atoms with van der Waals surface area (Å²) in [4.78, 5) is 21.9. The van der Waals surface area contributed by atoms with Crippen molar-refractivity contribution in [3.63, 3.8) is 0 Å². The maximum Gasteiger partial charge on any atom is 0.423 e. The van der Waals surface area contributed by atoms with Crippen LogP contribution in [0.25, 0.3) is 0 Å². The van der Waals surface area contributed by atoms with Gasteiger partial charge in [0.05, 0.1) is 9.85 Å². The van der Waals surface area contributed by atoms with Crippen LogP contribution in [-0.4, -0.2) is 22.9 Å². The second-order valence-corrected chi connectivity index (χ2v) is 5.73. The van der Waals surface area contributed by atoms with Crippen LogP contribution in [0.5, 0.6) is 0 Å². The summed E-state index contributed by atoms with van der Waals surface area (Å²) in [5, 5.41) is 22.6. The minimum Gasteiger partial charge on any atom is -0.360 e. The van der Waals surface area contributed by atoms with E-state index >= 15 is 0 Å². The fraction of sp³-hybridized carbons (Fsp3) is 0.571. The molecule has 0 unspecified atom stereocenters. The number of hydrogen-bond acceptors (Lipinski definition) is 5. The van der Waals surface area contributed by atoms with E-state index in [1.807, 2.05) is 0 Å². The molecule has 24 heavy (non-hydrogen) atoms. The third-order valence-corrected chi connectivity index (χ3v) is 3.80. The normalized spacial score (nSPS) is 14.5. The molecule has 2 rings (SSSR count). The molecule has 0 bridgehead atoms. The molecule has 0 radical (unpaired) electrons. The van der Waals surface area contributed by atoms with Gasteiger partial charge in [0.1, 0.15) is 5.56 Å². The van der Waals surface area contributed by atoms with Crippen molar-refractivity contribution in [2.75, 3.05) is 18.0 Å². The van der Waals surface area contributed by atoms with Crippen LogP contribution in [0.1, 0.15) is 31.7 Å². The van der Waals surface area contributed by atoms with Crippen LogP contribution in [0.15, 0.2) is 12.1 Å². The maximum absolute atomic E-state index is 13.2. The Bertz CT molecular complexity index is 659. The average molecular weight is 347 g/mol. The summed E-state index contributed by atoms with van der Waals surface area (Å²) >= 11 is 0. The molecule has 1 fully saturated rings. The number of halogens is 3. The molecule has 132 valence electrons. The van der Waals surface area contributed by atoms with Crippen molar-refractivity contribution in [2.24, 2.45) is 5.92 Å². The lowest BCUT2D eigenvalue weighted by Crippen LogP contribution is -2.29. The summed E-state index contributed by atoms with van der Waals surface area (Å²) in [6.45, 7) is 2.24. The Morgan fingerprint density at radius 1 is 1.21 bits per heavy atom. The largest absolute Gasteiger partial charge is 0.423 e. The highest BCUT2D eigenvalue weighted by Gasteiger charge is 2.44. The van der Waals surface area contributed by atoms with Crippen molar-refractivity contribution >= 4 is 17.1 Å². The van der Waals surface area contributed by atoms with E-state index in [0.717, 1.165) is 12.8 Å². The summed E-state index contributed by atoms with van der Waals surface area (Å²) in [6, 6.07) is 1.10. The SMILES string of the molecule is CCCN(CC1CC1)c1c([N+](=O)[O-])ccc(C(F)(F)F)c1[N+](=O)[O-]. The molecule has 0 aliphatic heterocycles. The third kappa shape index (κ3) is 3.74. The molecule has 7 nitrogen and oxygen atoms in total. The topological polar surface area (TPSA) is 89.5 Å². The summed E-state index contributed by atoms with van der Waals surface area (Å²) in [7, 11) is 0. The maximum atomic E-state index is 13.2. The first-order valence-electron chi connectivity index (χ1n) is 7.44. The molecule has 0 aromatic heterocycles. The van der Waals surface area contributed by atoms with Crippen LogP contribution in [0.3, 0.4) is 0 Å². The summed E-state index contributed by atoms with van der Waals surface area (Å²) in [5.74, 6) is 0.199. The van der Waals surface area contributed by atoms with E-state index in [0.29, 0.717) is 18.6 Å². The lowest BCUT2D eigenvalue weighted by atomic mass is 10.1. The van der Waals surface area contributed by atoms with E-state index in [4.69, 9.17) is 0 Å². The Morgan fingerprint density at radius 2 is 1.83 bits per heavy atom. The van der Waals surface area contributed by atoms with Gasteiger partial charge in [-0.1, -0.05) is 6.92 Å². The van der Waals surface area contributed by atoms with Crippen LogP contribution in [0.2, 0.25) is 0 Å². The number of nitrogens with zero attached hydrogens (tertiary/aromatic N) is 3. The van der Waals surface area contributed by atoms with Crippen LogP contribution in [-0.2, 0) is 6.18 Å². The second-order valence-electron chi connectivity index (χ2n) is 5.73. The van der Waals surface area contributed by atoms with Crippen LogP contribution >= 0.6 is 0 Å². The third-order valence-electron chi connectivity index (χ3n) is 3.80. The summed E-state index contributed by atoms with van der Waals surface area (Å²) in [6.07, 6.45) is -2.75. The van der Waals surface area contributed by atoms with Crippen molar-refractivity contribution in [3.8, 4) is 0 Å². The first-order chi connectivity index (χ1) is 11.2. The molecular formula is C14H16F3N3O4. The highest BCUT2D eigenvalue weighted by atomic mass is 19.4. The quantitative estimate of drug-likeness (QED) is 0.546. The highest BCUT2D eigenvalue weighted by molar-refractivity contribution is 5.78. The van der Waals surface area contributed by atoms with Crippen LogP contribution in [0, 0.1) is 26.1 Å². The molecule has 1 aromatic rings. The van der Waals surface area contributed by atoms with Crippen molar-refractivity contribution in [3.05, 3.63) is 37.9 Å². The first-order valence-corrected chi connectivity index (χ1v) is 7.44. The number of rotatable bonds is 7. The molecule has 1 aromatic carbocycles. The number of anilines is 1. The van der Waals surface area contributed by atoms with E-state index in [1.54, 1.807) is 6.92 Å². The Hall–Kier alpha value is -2.39. The van der Waals surface area contributed by atoms with Crippen LogP contribution in [0.4, 0.5) is 30.2 Å². The molecule has 1 aliphatic carbocycles. The van der Waals surface area contributed by atoms with Gasteiger partial charge in [-0.25, -0.2) is 0 Å². The van der Waals surface area contributed by atoms with E-state index in [9.17, 15) is 33.4 Å². The zero-order valence-corrected chi connectivity index (χ0v) is 12.9. The zero-order valence-electron chi connectivity index (χ0n) is 12.9. The molecule has 10 heteroatoms. The van der Waals surface area contributed by atoms with Crippen molar-refractivity contribution in [1.29, 1.82) is 0 Å². The zero-order chi connectivity index (χ0) is 18.1. The molecule has 0 amide bonds. The monoisotopic (exact) mass is 347 g/mol. The Labute approximate surface area is 135 Å². The lowest BCUT2D eigenvalue weighted by Gasteiger charge is -2.24. The van der Waals surface area contributed by atoms with Gasteiger partial charge in [0.15, 0.2) is 5.69 Å². The highest BCUT2D eigenvalue weighted by Crippen LogP contribution is 2.47. The molecule has 0 spiro atoms. The van der Waals surface area contributed by atoms with E-state index < -0.39 is 38.6 Å². The predicted molar refractivity (Wildman–Crippen MR) is 80.0 cm³/mol. The van der Waals surface area contributed by atoms with Gasteiger partial charge in [0.25, 0.3) is 5.69 Å². The number of hydrogen-bond donors (Lipinski definition) is 0. The fourth-order valence-corrected chi connectivity index (χ4v) is 2.62. The van der Waals surface area contributed by atoms with Gasteiger partial charge in [0.2, 0.25) is 0 Å². The van der Waals surface area contributed by atoms with Crippen LogP contribution < -0.4 is 4.90 Å².